The number of amides is 2. The fourth-order valence-electron chi connectivity index (χ4n) is 4.12. The molecule has 10 heteroatoms. The van der Waals surface area contributed by atoms with E-state index < -0.39 is 5.97 Å². The fraction of sp³-hybridized carbons (Fsp3) is 0.565. The zero-order chi connectivity index (χ0) is 24.0. The standard InChI is InChI=1S/C23H31N3O5S2/c1-15-9-16(2)12-25(11-15)21(28)14-32-13-20(27)24-23-26(7-8-30-3)18-6-5-17(22(29)31-4)10-19(18)33-23/h5-6,10,15-16H,7-9,11-14H2,1-4H3. The van der Waals surface area contributed by atoms with Gasteiger partial charge in [0, 0.05) is 26.7 Å². The highest BCUT2D eigenvalue weighted by Gasteiger charge is 2.25. The van der Waals surface area contributed by atoms with E-state index in [1.165, 1.54) is 30.2 Å². The van der Waals surface area contributed by atoms with E-state index in [9.17, 15) is 14.4 Å². The molecule has 0 saturated carbocycles. The molecule has 2 atom stereocenters. The molecular formula is C23H31N3O5S2. The Morgan fingerprint density at radius 2 is 1.88 bits per heavy atom. The number of carbonyl (C=O) groups excluding carboxylic acids is 3. The number of esters is 1. The second kappa shape index (κ2) is 11.8. The normalized spacial score (nSPS) is 19.2. The van der Waals surface area contributed by atoms with Crippen LogP contribution in [0.15, 0.2) is 23.2 Å². The number of fused-ring (bicyclic) bond motifs is 1. The van der Waals surface area contributed by atoms with Crippen LogP contribution in [0.2, 0.25) is 0 Å². The molecule has 1 aromatic heterocycles. The van der Waals surface area contributed by atoms with E-state index in [1.54, 1.807) is 19.2 Å². The van der Waals surface area contributed by atoms with Gasteiger partial charge in [-0.25, -0.2) is 4.79 Å². The van der Waals surface area contributed by atoms with Crippen molar-refractivity contribution in [1.82, 2.24) is 9.47 Å². The topological polar surface area (TPSA) is 90.2 Å². The number of methoxy groups -OCH3 is 2. The van der Waals surface area contributed by atoms with E-state index >= 15 is 0 Å². The van der Waals surface area contributed by atoms with Gasteiger partial charge in [-0.3, -0.25) is 9.59 Å². The predicted octanol–water partition coefficient (Wildman–Crippen LogP) is 2.80. The lowest BCUT2D eigenvalue weighted by molar-refractivity contribution is -0.130. The van der Waals surface area contributed by atoms with Gasteiger partial charge in [0.25, 0.3) is 5.91 Å². The first kappa shape index (κ1) is 25.5. The molecule has 2 amide bonds. The maximum absolute atomic E-state index is 12.6. The van der Waals surface area contributed by atoms with Gasteiger partial charge in [0.05, 0.1) is 41.0 Å². The van der Waals surface area contributed by atoms with Crippen LogP contribution in [0.1, 0.15) is 30.6 Å². The molecule has 33 heavy (non-hydrogen) atoms. The Kier molecular flexibility index (Phi) is 9.10. The molecule has 0 bridgehead atoms. The van der Waals surface area contributed by atoms with Crippen molar-refractivity contribution in [3.8, 4) is 0 Å². The van der Waals surface area contributed by atoms with Crippen LogP contribution in [-0.4, -0.2) is 72.7 Å². The van der Waals surface area contributed by atoms with Crippen molar-refractivity contribution >= 4 is 51.1 Å². The third-order valence-electron chi connectivity index (χ3n) is 5.52. The number of thiazole rings is 1. The van der Waals surface area contributed by atoms with Crippen molar-refractivity contribution < 1.29 is 23.9 Å². The number of rotatable bonds is 8. The van der Waals surface area contributed by atoms with E-state index in [0.717, 1.165) is 29.7 Å². The van der Waals surface area contributed by atoms with Gasteiger partial charge in [-0.2, -0.15) is 4.99 Å². The number of nitrogens with zero attached hydrogens (tertiary/aromatic N) is 3. The summed E-state index contributed by atoms with van der Waals surface area (Å²) in [5, 5.41) is 0. The number of likely N-dealkylation sites (tertiary alicyclic amines) is 1. The lowest BCUT2D eigenvalue weighted by atomic mass is 9.92. The predicted molar refractivity (Wildman–Crippen MR) is 130 cm³/mol. The van der Waals surface area contributed by atoms with Crippen molar-refractivity contribution in [3.63, 3.8) is 0 Å². The number of carbonyl (C=O) groups is 3. The van der Waals surface area contributed by atoms with Crippen LogP contribution in [0.3, 0.4) is 0 Å². The Morgan fingerprint density at radius 1 is 1.15 bits per heavy atom. The van der Waals surface area contributed by atoms with Crippen LogP contribution in [0.25, 0.3) is 10.2 Å². The summed E-state index contributed by atoms with van der Waals surface area (Å²) in [5.41, 5.74) is 1.31. The van der Waals surface area contributed by atoms with Crippen LogP contribution in [0, 0.1) is 11.8 Å². The van der Waals surface area contributed by atoms with E-state index in [0.29, 0.717) is 35.4 Å². The van der Waals surface area contributed by atoms with Gasteiger partial charge < -0.3 is 18.9 Å². The molecule has 1 fully saturated rings. The summed E-state index contributed by atoms with van der Waals surface area (Å²) in [5.74, 6) is 0.805. The van der Waals surface area contributed by atoms with Crippen LogP contribution in [0.4, 0.5) is 0 Å². The largest absolute Gasteiger partial charge is 0.465 e. The number of hydrogen-bond acceptors (Lipinski definition) is 7. The van der Waals surface area contributed by atoms with Crippen molar-refractivity contribution in [2.45, 2.75) is 26.8 Å². The van der Waals surface area contributed by atoms with Gasteiger partial charge in [-0.1, -0.05) is 25.2 Å². The molecule has 1 aliphatic heterocycles. The number of piperidine rings is 1. The second-order valence-electron chi connectivity index (χ2n) is 8.45. The van der Waals surface area contributed by atoms with Gasteiger partial charge >= 0.3 is 5.97 Å². The summed E-state index contributed by atoms with van der Waals surface area (Å²) in [7, 11) is 2.96. The minimum Gasteiger partial charge on any atom is -0.465 e. The Balaban J connectivity index is 1.70. The first-order chi connectivity index (χ1) is 15.8. The SMILES string of the molecule is COCCn1c(=NC(=O)CSCC(=O)N2CC(C)CC(C)C2)sc2cc(C(=O)OC)ccc21. The molecule has 0 aliphatic carbocycles. The summed E-state index contributed by atoms with van der Waals surface area (Å²) in [4.78, 5) is 43.7. The number of aromatic nitrogens is 1. The zero-order valence-corrected chi connectivity index (χ0v) is 21.2. The molecule has 8 nitrogen and oxygen atoms in total. The Hall–Kier alpha value is -2.17. The highest BCUT2D eigenvalue weighted by Crippen LogP contribution is 2.22. The number of thioether (sulfide) groups is 1. The first-order valence-electron chi connectivity index (χ1n) is 11.0. The number of ether oxygens (including phenoxy) is 2. The lowest BCUT2D eigenvalue weighted by Crippen LogP contribution is -2.43. The van der Waals surface area contributed by atoms with Crippen molar-refractivity contribution in [2.75, 3.05) is 45.4 Å². The summed E-state index contributed by atoms with van der Waals surface area (Å²) >= 11 is 2.64. The third-order valence-corrected chi connectivity index (χ3v) is 7.46. The monoisotopic (exact) mass is 493 g/mol. The highest BCUT2D eigenvalue weighted by atomic mass is 32.2. The molecule has 0 N–H and O–H groups in total. The van der Waals surface area contributed by atoms with E-state index in [4.69, 9.17) is 9.47 Å². The fourth-order valence-corrected chi connectivity index (χ4v) is 5.94. The minimum absolute atomic E-state index is 0.0820. The maximum Gasteiger partial charge on any atom is 0.337 e. The average Bonchev–Trinajstić information content (AvgIpc) is 3.12. The molecule has 1 aliphatic rings. The summed E-state index contributed by atoms with van der Waals surface area (Å²) in [6.45, 7) is 6.90. The summed E-state index contributed by atoms with van der Waals surface area (Å²) in [6, 6.07) is 5.26. The Labute approximate surface area is 202 Å². The van der Waals surface area contributed by atoms with Gasteiger partial charge in [-0.05, 0) is 36.5 Å². The molecule has 3 rings (SSSR count). The Bertz CT molecular complexity index is 1070. The summed E-state index contributed by atoms with van der Waals surface area (Å²) < 4.78 is 12.7. The lowest BCUT2D eigenvalue weighted by Gasteiger charge is -2.35. The number of hydrogen-bond donors (Lipinski definition) is 0. The molecule has 0 radical (unpaired) electrons. The molecule has 2 unspecified atom stereocenters. The molecule has 2 aromatic rings. The molecule has 180 valence electrons. The minimum atomic E-state index is -0.415. The van der Waals surface area contributed by atoms with Gasteiger partial charge in [0.2, 0.25) is 5.91 Å². The van der Waals surface area contributed by atoms with Crippen molar-refractivity contribution in [2.24, 2.45) is 16.8 Å². The van der Waals surface area contributed by atoms with E-state index in [1.807, 2.05) is 15.5 Å². The highest BCUT2D eigenvalue weighted by molar-refractivity contribution is 8.00. The molecule has 1 aromatic carbocycles. The van der Waals surface area contributed by atoms with Gasteiger partial charge in [0.15, 0.2) is 4.80 Å². The quantitative estimate of drug-likeness (QED) is 0.526. The molecule has 2 heterocycles. The molecule has 0 spiro atoms. The smallest absolute Gasteiger partial charge is 0.337 e. The average molecular weight is 494 g/mol. The second-order valence-corrected chi connectivity index (χ2v) is 10.4. The maximum atomic E-state index is 12.6. The van der Waals surface area contributed by atoms with Crippen LogP contribution < -0.4 is 4.80 Å². The summed E-state index contributed by atoms with van der Waals surface area (Å²) in [6.07, 6.45) is 1.15. The number of benzene rings is 1. The van der Waals surface area contributed by atoms with Gasteiger partial charge in [0.1, 0.15) is 0 Å². The zero-order valence-electron chi connectivity index (χ0n) is 19.5. The molecular weight excluding hydrogens is 462 g/mol. The molecule has 1 saturated heterocycles. The van der Waals surface area contributed by atoms with Gasteiger partial charge in [-0.15, -0.1) is 11.8 Å². The van der Waals surface area contributed by atoms with E-state index in [-0.39, 0.29) is 23.3 Å². The van der Waals surface area contributed by atoms with Crippen LogP contribution in [0.5, 0.6) is 0 Å². The van der Waals surface area contributed by atoms with Crippen LogP contribution >= 0.6 is 23.1 Å². The van der Waals surface area contributed by atoms with Crippen molar-refractivity contribution in [3.05, 3.63) is 28.6 Å². The van der Waals surface area contributed by atoms with E-state index in [2.05, 4.69) is 18.8 Å². The first-order valence-corrected chi connectivity index (χ1v) is 12.9. The third kappa shape index (κ3) is 6.68. The van der Waals surface area contributed by atoms with Crippen molar-refractivity contribution in [1.29, 1.82) is 0 Å². The Morgan fingerprint density at radius 3 is 2.55 bits per heavy atom. The van der Waals surface area contributed by atoms with Crippen LogP contribution in [-0.2, 0) is 25.6 Å².